The molecule has 0 atom stereocenters. The summed E-state index contributed by atoms with van der Waals surface area (Å²) in [6.07, 6.45) is 0.789. The van der Waals surface area contributed by atoms with Crippen LogP contribution in [0.2, 0.25) is 0 Å². The molecular formula is C15H17NO2S. The molecule has 0 spiro atoms. The van der Waals surface area contributed by atoms with Crippen molar-refractivity contribution in [3.63, 3.8) is 0 Å². The number of carbonyl (C=O) groups excluding carboxylic acids is 1. The van der Waals surface area contributed by atoms with Gasteiger partial charge in [0.1, 0.15) is 5.75 Å². The molecule has 2 rings (SSSR count). The summed E-state index contributed by atoms with van der Waals surface area (Å²) in [6, 6.07) is 2.08. The zero-order chi connectivity index (χ0) is 14.0. The zero-order valence-electron chi connectivity index (χ0n) is 11.6. The Labute approximate surface area is 117 Å². The van der Waals surface area contributed by atoms with Crippen molar-refractivity contribution in [2.24, 2.45) is 0 Å². The minimum atomic E-state index is 0.513. The lowest BCUT2D eigenvalue weighted by Gasteiger charge is -2.15. The van der Waals surface area contributed by atoms with Gasteiger partial charge in [0.25, 0.3) is 0 Å². The number of aldehydes is 1. The maximum atomic E-state index is 10.7. The molecule has 1 aromatic heterocycles. The number of benzene rings is 1. The number of aryl methyl sites for hydroxylation is 1. The lowest BCUT2D eigenvalue weighted by atomic mass is 9.97. The van der Waals surface area contributed by atoms with Crippen molar-refractivity contribution in [3.8, 4) is 17.0 Å². The first-order valence-corrected chi connectivity index (χ1v) is 7.11. The molecule has 2 aromatic rings. The van der Waals surface area contributed by atoms with Gasteiger partial charge in [0, 0.05) is 10.9 Å². The van der Waals surface area contributed by atoms with Crippen LogP contribution in [-0.4, -0.2) is 17.9 Å². The molecule has 0 saturated heterocycles. The van der Waals surface area contributed by atoms with Crippen LogP contribution in [-0.2, 0) is 0 Å². The van der Waals surface area contributed by atoms with Crippen molar-refractivity contribution >= 4 is 17.6 Å². The van der Waals surface area contributed by atoms with Gasteiger partial charge in [-0.2, -0.15) is 0 Å². The summed E-state index contributed by atoms with van der Waals surface area (Å²) >= 11 is 1.37. The lowest BCUT2D eigenvalue weighted by Crippen LogP contribution is -2.00. The molecule has 0 amide bonds. The molecule has 1 heterocycles. The second-order valence-corrected chi connectivity index (χ2v) is 5.33. The monoisotopic (exact) mass is 275 g/mol. The SMILES string of the molecule is CCOc1c(C)cc(-c2csc(C=O)n2)c(C)c1C. The smallest absolute Gasteiger partial charge is 0.178 e. The Hall–Kier alpha value is -1.68. The highest BCUT2D eigenvalue weighted by Crippen LogP contribution is 2.34. The van der Waals surface area contributed by atoms with Crippen LogP contribution in [0.3, 0.4) is 0 Å². The Morgan fingerprint density at radius 3 is 2.63 bits per heavy atom. The van der Waals surface area contributed by atoms with Gasteiger partial charge < -0.3 is 4.74 Å². The number of carbonyl (C=O) groups is 1. The summed E-state index contributed by atoms with van der Waals surface area (Å²) in [4.78, 5) is 15.1. The van der Waals surface area contributed by atoms with Gasteiger partial charge in [0.2, 0.25) is 0 Å². The third-order valence-corrected chi connectivity index (χ3v) is 3.98. The molecule has 100 valence electrons. The topological polar surface area (TPSA) is 39.2 Å². The fourth-order valence-corrected chi connectivity index (χ4v) is 2.77. The standard InChI is InChI=1S/C15H17NO2S/c1-5-18-15-9(2)6-12(10(3)11(15)4)13-8-19-14(7-17)16-13/h6-8H,5H2,1-4H3. The number of nitrogens with zero attached hydrogens (tertiary/aromatic N) is 1. The normalized spacial score (nSPS) is 10.5. The Morgan fingerprint density at radius 2 is 2.05 bits per heavy atom. The fraction of sp³-hybridized carbons (Fsp3) is 0.333. The van der Waals surface area contributed by atoms with Crippen LogP contribution in [0.5, 0.6) is 5.75 Å². The Balaban J connectivity index is 2.56. The van der Waals surface area contributed by atoms with Gasteiger partial charge in [-0.05, 0) is 50.5 Å². The molecule has 0 radical (unpaired) electrons. The van der Waals surface area contributed by atoms with Crippen molar-refractivity contribution in [2.45, 2.75) is 27.7 Å². The molecule has 0 aliphatic rings. The van der Waals surface area contributed by atoms with Crippen LogP contribution in [0.1, 0.15) is 33.4 Å². The molecule has 0 N–H and O–H groups in total. The number of thiazole rings is 1. The molecule has 0 unspecified atom stereocenters. The van der Waals surface area contributed by atoms with Gasteiger partial charge in [0.15, 0.2) is 11.3 Å². The number of ether oxygens (including phenoxy) is 1. The molecule has 4 heteroatoms. The summed E-state index contributed by atoms with van der Waals surface area (Å²) < 4.78 is 5.69. The van der Waals surface area contributed by atoms with E-state index in [-0.39, 0.29) is 0 Å². The van der Waals surface area contributed by atoms with E-state index < -0.39 is 0 Å². The quantitative estimate of drug-likeness (QED) is 0.793. The summed E-state index contributed by atoms with van der Waals surface area (Å²) in [6.45, 7) is 8.80. The highest BCUT2D eigenvalue weighted by molar-refractivity contribution is 7.11. The van der Waals surface area contributed by atoms with Crippen molar-refractivity contribution in [3.05, 3.63) is 33.1 Å². The summed E-state index contributed by atoms with van der Waals surface area (Å²) in [5.74, 6) is 0.953. The molecule has 0 fully saturated rings. The first-order valence-electron chi connectivity index (χ1n) is 6.23. The number of hydrogen-bond donors (Lipinski definition) is 0. The first-order chi connectivity index (χ1) is 9.08. The number of aromatic nitrogens is 1. The maximum Gasteiger partial charge on any atom is 0.178 e. The first kappa shape index (κ1) is 13.7. The summed E-state index contributed by atoms with van der Waals surface area (Å²) in [7, 11) is 0. The lowest BCUT2D eigenvalue weighted by molar-refractivity contribution is 0.112. The van der Waals surface area contributed by atoms with E-state index in [1.165, 1.54) is 11.3 Å². The third-order valence-electron chi connectivity index (χ3n) is 3.21. The molecule has 3 nitrogen and oxygen atoms in total. The van der Waals surface area contributed by atoms with E-state index in [0.717, 1.165) is 40.0 Å². The van der Waals surface area contributed by atoms with Crippen molar-refractivity contribution in [2.75, 3.05) is 6.61 Å². The summed E-state index contributed by atoms with van der Waals surface area (Å²) in [5.41, 5.74) is 5.32. The molecule has 0 aliphatic heterocycles. The Bertz CT molecular complexity index is 617. The van der Waals surface area contributed by atoms with E-state index in [0.29, 0.717) is 11.6 Å². The number of rotatable bonds is 4. The molecule has 0 saturated carbocycles. The Kier molecular flexibility index (Phi) is 4.00. The van der Waals surface area contributed by atoms with Crippen LogP contribution in [0.25, 0.3) is 11.3 Å². The molecule has 0 aliphatic carbocycles. The molecular weight excluding hydrogens is 258 g/mol. The largest absolute Gasteiger partial charge is 0.493 e. The molecule has 0 bridgehead atoms. The van der Waals surface area contributed by atoms with Gasteiger partial charge in [-0.15, -0.1) is 11.3 Å². The highest BCUT2D eigenvalue weighted by atomic mass is 32.1. The predicted molar refractivity (Wildman–Crippen MR) is 78.3 cm³/mol. The second-order valence-electron chi connectivity index (χ2n) is 4.44. The van der Waals surface area contributed by atoms with Crippen molar-refractivity contribution in [1.29, 1.82) is 0 Å². The average molecular weight is 275 g/mol. The van der Waals surface area contributed by atoms with Crippen LogP contribution >= 0.6 is 11.3 Å². The van der Waals surface area contributed by atoms with Gasteiger partial charge in [-0.3, -0.25) is 4.79 Å². The molecule has 19 heavy (non-hydrogen) atoms. The number of hydrogen-bond acceptors (Lipinski definition) is 4. The Morgan fingerprint density at radius 1 is 1.32 bits per heavy atom. The van der Waals surface area contributed by atoms with Crippen molar-refractivity contribution in [1.82, 2.24) is 4.98 Å². The zero-order valence-corrected chi connectivity index (χ0v) is 12.4. The van der Waals surface area contributed by atoms with E-state index in [4.69, 9.17) is 4.74 Å². The third kappa shape index (κ3) is 2.54. The average Bonchev–Trinajstić information content (AvgIpc) is 2.87. The van der Waals surface area contributed by atoms with Crippen molar-refractivity contribution < 1.29 is 9.53 Å². The van der Waals surface area contributed by atoms with Gasteiger partial charge >= 0.3 is 0 Å². The van der Waals surface area contributed by atoms with E-state index >= 15 is 0 Å². The minimum Gasteiger partial charge on any atom is -0.493 e. The van der Waals surface area contributed by atoms with E-state index in [1.54, 1.807) is 0 Å². The predicted octanol–water partition coefficient (Wildman–Crippen LogP) is 3.95. The van der Waals surface area contributed by atoms with Gasteiger partial charge in [-0.25, -0.2) is 4.98 Å². The second kappa shape index (κ2) is 5.53. The fourth-order valence-electron chi connectivity index (χ4n) is 2.16. The van der Waals surface area contributed by atoms with Crippen LogP contribution in [0, 0.1) is 20.8 Å². The van der Waals surface area contributed by atoms with E-state index in [9.17, 15) is 4.79 Å². The van der Waals surface area contributed by atoms with Crippen LogP contribution in [0.4, 0.5) is 0 Å². The van der Waals surface area contributed by atoms with Gasteiger partial charge in [-0.1, -0.05) is 0 Å². The van der Waals surface area contributed by atoms with E-state index in [2.05, 4.69) is 24.9 Å². The molecule has 1 aromatic carbocycles. The summed E-state index contributed by atoms with van der Waals surface area (Å²) in [5, 5.41) is 2.43. The van der Waals surface area contributed by atoms with Crippen LogP contribution < -0.4 is 4.74 Å². The highest BCUT2D eigenvalue weighted by Gasteiger charge is 2.14. The van der Waals surface area contributed by atoms with Crippen LogP contribution in [0.15, 0.2) is 11.4 Å². The van der Waals surface area contributed by atoms with Gasteiger partial charge in [0.05, 0.1) is 12.3 Å². The maximum absolute atomic E-state index is 10.7. The van der Waals surface area contributed by atoms with E-state index in [1.807, 2.05) is 19.2 Å². The minimum absolute atomic E-state index is 0.513.